The second kappa shape index (κ2) is 9.95. The summed E-state index contributed by atoms with van der Waals surface area (Å²) < 4.78 is 13.6. The van der Waals surface area contributed by atoms with Gasteiger partial charge in [-0.3, -0.25) is 4.90 Å². The molecule has 2 N–H and O–H groups in total. The first-order chi connectivity index (χ1) is 15.5. The molecule has 0 bridgehead atoms. The van der Waals surface area contributed by atoms with Crippen LogP contribution in [0.5, 0.6) is 0 Å². The van der Waals surface area contributed by atoms with Crippen molar-refractivity contribution in [2.75, 3.05) is 13.1 Å². The summed E-state index contributed by atoms with van der Waals surface area (Å²) >= 11 is 0. The Balaban J connectivity index is 1.59. The maximum Gasteiger partial charge on any atom is 0.144 e. The predicted octanol–water partition coefficient (Wildman–Crippen LogP) is 5.56. The molecule has 3 nitrogen and oxygen atoms in total. The average Bonchev–Trinajstić information content (AvgIpc) is 2.86. The molecule has 1 unspecified atom stereocenters. The van der Waals surface area contributed by atoms with Crippen LogP contribution in [-0.4, -0.2) is 28.2 Å². The minimum atomic E-state index is -1.18. The van der Waals surface area contributed by atoms with E-state index in [2.05, 4.69) is 4.90 Å². The summed E-state index contributed by atoms with van der Waals surface area (Å²) in [5.41, 5.74) is 0.0732. The monoisotopic (exact) mass is 433 g/mol. The summed E-state index contributed by atoms with van der Waals surface area (Å²) in [5.74, 6) is -0.308. The third-order valence-electron chi connectivity index (χ3n) is 6.75. The van der Waals surface area contributed by atoms with Crippen LogP contribution in [0.25, 0.3) is 0 Å². The van der Waals surface area contributed by atoms with Gasteiger partial charge in [0.1, 0.15) is 17.1 Å². The quantitative estimate of drug-likeness (QED) is 0.489. The third kappa shape index (κ3) is 4.78. The van der Waals surface area contributed by atoms with Gasteiger partial charge in [0.2, 0.25) is 0 Å². The normalized spacial score (nSPS) is 17.1. The lowest BCUT2D eigenvalue weighted by atomic mass is 9.81. The maximum atomic E-state index is 13.6. The van der Waals surface area contributed by atoms with E-state index in [4.69, 9.17) is 0 Å². The molecular weight excluding hydrogens is 401 g/mol. The molecule has 1 fully saturated rings. The summed E-state index contributed by atoms with van der Waals surface area (Å²) in [6.07, 6.45) is 4.78. The molecule has 1 aliphatic rings. The molecule has 4 rings (SSSR count). The summed E-state index contributed by atoms with van der Waals surface area (Å²) in [6, 6.07) is 25.6. The molecule has 0 aliphatic carbocycles. The summed E-state index contributed by atoms with van der Waals surface area (Å²) in [7, 11) is 0. The highest BCUT2D eigenvalue weighted by molar-refractivity contribution is 5.35. The average molecular weight is 434 g/mol. The predicted molar refractivity (Wildman–Crippen MR) is 125 cm³/mol. The molecule has 1 heterocycles. The lowest BCUT2D eigenvalue weighted by Crippen LogP contribution is -2.49. The molecule has 1 saturated heterocycles. The number of hydrogen-bond acceptors (Lipinski definition) is 3. The van der Waals surface area contributed by atoms with E-state index in [0.29, 0.717) is 24.8 Å². The number of aliphatic hydroxyl groups is 2. The Morgan fingerprint density at radius 1 is 0.656 bits per heavy atom. The van der Waals surface area contributed by atoms with Gasteiger partial charge >= 0.3 is 0 Å². The van der Waals surface area contributed by atoms with Crippen molar-refractivity contribution in [1.29, 1.82) is 0 Å². The van der Waals surface area contributed by atoms with Crippen LogP contribution in [0, 0.1) is 5.82 Å². The van der Waals surface area contributed by atoms with Gasteiger partial charge in [-0.15, -0.1) is 0 Å². The van der Waals surface area contributed by atoms with Crippen molar-refractivity contribution in [2.24, 2.45) is 0 Å². The third-order valence-corrected chi connectivity index (χ3v) is 6.75. The van der Waals surface area contributed by atoms with Crippen molar-refractivity contribution in [2.45, 2.75) is 49.9 Å². The number of nitrogens with zero attached hydrogens (tertiary/aromatic N) is 1. The highest BCUT2D eigenvalue weighted by Crippen LogP contribution is 2.38. The second-order valence-electron chi connectivity index (χ2n) is 8.82. The number of rotatable bonds is 8. The van der Waals surface area contributed by atoms with Crippen molar-refractivity contribution in [1.82, 2.24) is 4.90 Å². The molecule has 0 amide bonds. The molecule has 3 aromatic carbocycles. The van der Waals surface area contributed by atoms with Crippen molar-refractivity contribution in [3.05, 3.63) is 107 Å². The van der Waals surface area contributed by atoms with Crippen molar-refractivity contribution < 1.29 is 14.6 Å². The molecule has 1 atom stereocenters. The molecule has 32 heavy (non-hydrogen) atoms. The Morgan fingerprint density at radius 3 is 1.72 bits per heavy atom. The Morgan fingerprint density at radius 2 is 1.19 bits per heavy atom. The Kier molecular flexibility index (Phi) is 7.04. The molecule has 0 saturated carbocycles. The SMILES string of the molecule is OC(CCCC(O)(c1ccc(F)cc1)N1CCCCC1)(c1ccccc1)c1ccccc1. The Bertz CT molecular complexity index is 932. The van der Waals surface area contributed by atoms with Gasteiger partial charge in [0.25, 0.3) is 0 Å². The van der Waals surface area contributed by atoms with Crippen LogP contribution in [0.15, 0.2) is 84.9 Å². The van der Waals surface area contributed by atoms with Crippen LogP contribution in [0.1, 0.15) is 55.2 Å². The van der Waals surface area contributed by atoms with E-state index in [-0.39, 0.29) is 5.82 Å². The summed E-state index contributed by atoms with van der Waals surface area (Å²) in [6.45, 7) is 1.63. The summed E-state index contributed by atoms with van der Waals surface area (Å²) in [5, 5.41) is 23.7. The van der Waals surface area contributed by atoms with Crippen LogP contribution in [0.4, 0.5) is 4.39 Å². The largest absolute Gasteiger partial charge is 0.380 e. The zero-order valence-electron chi connectivity index (χ0n) is 18.5. The zero-order chi connectivity index (χ0) is 22.4. The van der Waals surface area contributed by atoms with Crippen molar-refractivity contribution in [3.63, 3.8) is 0 Å². The fraction of sp³-hybridized carbons (Fsp3) is 0.357. The van der Waals surface area contributed by atoms with Crippen LogP contribution in [0.3, 0.4) is 0 Å². The lowest BCUT2D eigenvalue weighted by Gasteiger charge is -2.43. The van der Waals surface area contributed by atoms with E-state index in [1.807, 2.05) is 60.7 Å². The van der Waals surface area contributed by atoms with E-state index >= 15 is 0 Å². The van der Waals surface area contributed by atoms with Gasteiger partial charge in [-0.2, -0.15) is 0 Å². The van der Waals surface area contributed by atoms with Crippen LogP contribution < -0.4 is 0 Å². The molecule has 168 valence electrons. The highest BCUT2D eigenvalue weighted by Gasteiger charge is 2.38. The minimum absolute atomic E-state index is 0.308. The van der Waals surface area contributed by atoms with Gasteiger partial charge in [-0.1, -0.05) is 79.2 Å². The van der Waals surface area contributed by atoms with E-state index < -0.39 is 11.3 Å². The first-order valence-electron chi connectivity index (χ1n) is 11.6. The van der Waals surface area contributed by atoms with Gasteiger partial charge in [0.15, 0.2) is 0 Å². The molecule has 3 aromatic rings. The Hall–Kier alpha value is -2.53. The lowest BCUT2D eigenvalue weighted by molar-refractivity contribution is -0.132. The zero-order valence-corrected chi connectivity index (χ0v) is 18.5. The second-order valence-corrected chi connectivity index (χ2v) is 8.82. The Labute approximate surface area is 190 Å². The molecule has 0 spiro atoms. The molecule has 4 heteroatoms. The van der Waals surface area contributed by atoms with E-state index in [1.54, 1.807) is 12.1 Å². The van der Waals surface area contributed by atoms with Crippen LogP contribution in [0.2, 0.25) is 0 Å². The molecule has 0 aromatic heterocycles. The van der Waals surface area contributed by atoms with Crippen molar-refractivity contribution >= 4 is 0 Å². The highest BCUT2D eigenvalue weighted by atomic mass is 19.1. The van der Waals surface area contributed by atoms with E-state index in [9.17, 15) is 14.6 Å². The minimum Gasteiger partial charge on any atom is -0.380 e. The van der Waals surface area contributed by atoms with Crippen LogP contribution >= 0.6 is 0 Å². The van der Waals surface area contributed by atoms with Gasteiger partial charge in [-0.05, 0) is 60.9 Å². The van der Waals surface area contributed by atoms with Crippen molar-refractivity contribution in [3.8, 4) is 0 Å². The summed E-state index contributed by atoms with van der Waals surface area (Å²) in [4.78, 5) is 2.12. The number of piperidine rings is 1. The first kappa shape index (κ1) is 22.7. The molecule has 0 radical (unpaired) electrons. The number of likely N-dealkylation sites (tertiary alicyclic amines) is 1. The number of hydrogen-bond donors (Lipinski definition) is 2. The fourth-order valence-electron chi connectivity index (χ4n) is 4.94. The molecule has 1 aliphatic heterocycles. The van der Waals surface area contributed by atoms with Crippen LogP contribution in [-0.2, 0) is 11.3 Å². The van der Waals surface area contributed by atoms with Gasteiger partial charge in [-0.25, -0.2) is 4.39 Å². The fourth-order valence-corrected chi connectivity index (χ4v) is 4.94. The van der Waals surface area contributed by atoms with E-state index in [1.165, 1.54) is 12.1 Å². The first-order valence-corrected chi connectivity index (χ1v) is 11.6. The van der Waals surface area contributed by atoms with Gasteiger partial charge in [0, 0.05) is 13.1 Å². The number of benzene rings is 3. The standard InChI is InChI=1S/C28H32FNO2/c29-26-17-15-25(16-18-26)28(32,30-21-8-3-9-22-30)20-10-19-27(31,23-11-4-1-5-12-23)24-13-6-2-7-14-24/h1-2,4-7,11-18,31-32H,3,8-10,19-22H2. The van der Waals surface area contributed by atoms with E-state index in [0.717, 1.165) is 43.5 Å². The van der Waals surface area contributed by atoms with Gasteiger partial charge in [0.05, 0.1) is 0 Å². The smallest absolute Gasteiger partial charge is 0.144 e. The number of halogens is 1. The topological polar surface area (TPSA) is 43.7 Å². The molecular formula is C28H32FNO2. The van der Waals surface area contributed by atoms with Gasteiger partial charge < -0.3 is 10.2 Å². The maximum absolute atomic E-state index is 13.6.